The predicted molar refractivity (Wildman–Crippen MR) is 90.0 cm³/mol. The number of carbonyl (C=O) groups is 4. The number of alkyl halides is 2. The van der Waals surface area contributed by atoms with Gasteiger partial charge in [0.2, 0.25) is 12.0 Å². The van der Waals surface area contributed by atoms with E-state index in [2.05, 4.69) is 10.3 Å². The lowest BCUT2D eigenvalue weighted by molar-refractivity contribution is -0.119. The van der Waals surface area contributed by atoms with Crippen molar-refractivity contribution in [3.8, 4) is 0 Å². The van der Waals surface area contributed by atoms with Gasteiger partial charge < -0.3 is 10.4 Å². The largest absolute Gasteiger partial charge is 0.389 e. The summed E-state index contributed by atoms with van der Waals surface area (Å²) in [6.45, 7) is 0. The first-order chi connectivity index (χ1) is 11.8. The number of carbonyl (C=O) groups excluding carboxylic acids is 5. The van der Waals surface area contributed by atoms with E-state index in [4.69, 9.17) is 28.3 Å². The van der Waals surface area contributed by atoms with Crippen molar-refractivity contribution in [1.29, 1.82) is 0 Å². The molecule has 0 fully saturated rings. The van der Waals surface area contributed by atoms with Crippen LogP contribution in [0.25, 0.3) is 0 Å². The normalized spacial score (nSPS) is 20.0. The maximum atomic E-state index is 10.7. The molecular weight excluding hydrogens is 375 g/mol. The lowest BCUT2D eigenvalue weighted by atomic mass is 10.2. The molecular formula is C15H16Cl2N2O6. The molecule has 8 nitrogen and oxygen atoms in total. The van der Waals surface area contributed by atoms with Crippen molar-refractivity contribution in [3.05, 3.63) is 24.3 Å². The number of ketones is 2. The Labute approximate surface area is 153 Å². The van der Waals surface area contributed by atoms with Gasteiger partial charge in [-0.15, -0.1) is 28.2 Å². The van der Waals surface area contributed by atoms with Crippen molar-refractivity contribution in [2.24, 2.45) is 4.99 Å². The molecule has 2 aliphatic carbocycles. The van der Waals surface area contributed by atoms with E-state index in [1.165, 1.54) is 18.2 Å². The number of halogens is 2. The van der Waals surface area contributed by atoms with Crippen LogP contribution in [0, 0.1) is 0 Å². The maximum Gasteiger partial charge on any atom is 0.271 e. The van der Waals surface area contributed by atoms with E-state index in [-0.39, 0.29) is 41.7 Å². The third-order valence-electron chi connectivity index (χ3n) is 2.60. The highest BCUT2D eigenvalue weighted by atomic mass is 35.5. The van der Waals surface area contributed by atoms with E-state index >= 15 is 0 Å². The van der Waals surface area contributed by atoms with Crippen LogP contribution in [-0.2, 0) is 24.0 Å². The minimum absolute atomic E-state index is 0.0208. The molecule has 2 aliphatic rings. The zero-order valence-electron chi connectivity index (χ0n) is 13.0. The van der Waals surface area contributed by atoms with E-state index in [1.807, 2.05) is 0 Å². The van der Waals surface area contributed by atoms with Crippen molar-refractivity contribution in [2.75, 3.05) is 11.8 Å². The standard InChI is InChI=1S/C7H8ClNO2.C5H6O2.C3H2ClNO2/c8-4-7(11)9-5-1-2-6(10)3-5;6-4-1-2-5(7)3-4;4-1-3(7)5-2-6/h1-2,5H,3-4H2,(H,9,11);1-2,4,6H,3H2;1H2. The van der Waals surface area contributed by atoms with Crippen LogP contribution < -0.4 is 5.32 Å². The van der Waals surface area contributed by atoms with Crippen LogP contribution in [0.5, 0.6) is 0 Å². The first-order valence-corrected chi connectivity index (χ1v) is 8.01. The monoisotopic (exact) mass is 390 g/mol. The fourth-order valence-electron chi connectivity index (χ4n) is 1.56. The summed E-state index contributed by atoms with van der Waals surface area (Å²) in [7, 11) is 0. The van der Waals surface area contributed by atoms with Crippen LogP contribution in [0.2, 0.25) is 0 Å². The smallest absolute Gasteiger partial charge is 0.271 e. The van der Waals surface area contributed by atoms with Gasteiger partial charge in [-0.25, -0.2) is 4.79 Å². The number of aliphatic hydroxyl groups is 1. The molecule has 2 N–H and O–H groups in total. The second-order valence-electron chi connectivity index (χ2n) is 4.66. The molecule has 2 amide bonds. The Morgan fingerprint density at radius 1 is 1.16 bits per heavy atom. The molecule has 0 aromatic rings. The van der Waals surface area contributed by atoms with Crippen molar-refractivity contribution >= 4 is 52.7 Å². The Balaban J connectivity index is 0.000000362. The lowest BCUT2D eigenvalue weighted by Crippen LogP contribution is -2.33. The molecule has 0 spiro atoms. The quantitative estimate of drug-likeness (QED) is 0.402. The summed E-state index contributed by atoms with van der Waals surface area (Å²) in [5, 5.41) is 11.2. The van der Waals surface area contributed by atoms with Crippen LogP contribution in [0.1, 0.15) is 12.8 Å². The zero-order chi connectivity index (χ0) is 19.2. The average Bonchev–Trinajstić information content (AvgIpc) is 3.16. The van der Waals surface area contributed by atoms with E-state index in [1.54, 1.807) is 6.08 Å². The van der Waals surface area contributed by atoms with Crippen molar-refractivity contribution in [3.63, 3.8) is 0 Å². The number of nitrogens with one attached hydrogen (secondary N) is 1. The topological polar surface area (TPSA) is 130 Å². The number of aliphatic hydroxyl groups excluding tert-OH is 1. The van der Waals surface area contributed by atoms with Crippen LogP contribution in [-0.4, -0.2) is 58.5 Å². The van der Waals surface area contributed by atoms with E-state index in [0.717, 1.165) is 6.08 Å². The summed E-state index contributed by atoms with van der Waals surface area (Å²) in [6, 6.07) is -0.145. The Bertz CT molecular complexity index is 611. The number of allylic oxidation sites excluding steroid dienone is 2. The van der Waals surface area contributed by atoms with Crippen molar-refractivity contribution in [2.45, 2.75) is 25.0 Å². The maximum absolute atomic E-state index is 10.7. The van der Waals surface area contributed by atoms with Crippen LogP contribution in [0.4, 0.5) is 0 Å². The third kappa shape index (κ3) is 12.0. The molecule has 0 radical (unpaired) electrons. The zero-order valence-corrected chi connectivity index (χ0v) is 14.5. The molecule has 0 saturated heterocycles. The highest BCUT2D eigenvalue weighted by molar-refractivity contribution is 6.27. The van der Waals surface area contributed by atoms with Gasteiger partial charge in [-0.1, -0.05) is 12.2 Å². The van der Waals surface area contributed by atoms with E-state index in [0.29, 0.717) is 6.42 Å². The highest BCUT2D eigenvalue weighted by Gasteiger charge is 2.16. The summed E-state index contributed by atoms with van der Waals surface area (Å²) in [6.07, 6.45) is 7.25. The van der Waals surface area contributed by atoms with Gasteiger partial charge in [-0.2, -0.15) is 0 Å². The first kappa shape index (κ1) is 22.9. The minimum atomic E-state index is -0.656. The lowest BCUT2D eigenvalue weighted by Gasteiger charge is -2.06. The van der Waals surface area contributed by atoms with Crippen molar-refractivity contribution < 1.29 is 29.1 Å². The molecule has 0 heterocycles. The fraction of sp³-hybridized carbons (Fsp3) is 0.400. The van der Waals surface area contributed by atoms with Crippen LogP contribution in [0.15, 0.2) is 29.3 Å². The molecule has 0 saturated carbocycles. The number of aliphatic imine (C=N–C) groups is 1. The molecule has 2 rings (SSSR count). The van der Waals surface area contributed by atoms with Crippen molar-refractivity contribution in [1.82, 2.24) is 5.32 Å². The van der Waals surface area contributed by atoms with Gasteiger partial charge in [-0.05, 0) is 12.2 Å². The van der Waals surface area contributed by atoms with Gasteiger partial charge in [-0.3, -0.25) is 19.2 Å². The summed E-state index contributed by atoms with van der Waals surface area (Å²) >= 11 is 10.2. The number of isocyanates is 1. The SMILES string of the molecule is O=C1C=CC(NC(=O)CCl)C1.O=C1C=CC(O)C1.O=C=NC(=O)CCl. The molecule has 10 heteroatoms. The minimum Gasteiger partial charge on any atom is -0.389 e. The molecule has 136 valence electrons. The van der Waals surface area contributed by atoms with Gasteiger partial charge in [0.05, 0.1) is 12.1 Å². The van der Waals surface area contributed by atoms with Gasteiger partial charge in [0.1, 0.15) is 11.8 Å². The molecule has 2 unspecified atom stereocenters. The number of hydrogen-bond acceptors (Lipinski definition) is 6. The van der Waals surface area contributed by atoms with E-state index in [9.17, 15) is 24.0 Å². The van der Waals surface area contributed by atoms with Gasteiger partial charge >= 0.3 is 0 Å². The molecule has 0 aliphatic heterocycles. The number of nitrogens with zero attached hydrogens (tertiary/aromatic N) is 1. The molecule has 25 heavy (non-hydrogen) atoms. The van der Waals surface area contributed by atoms with Gasteiger partial charge in [0.25, 0.3) is 5.91 Å². The van der Waals surface area contributed by atoms with Crippen LogP contribution in [0.3, 0.4) is 0 Å². The average molecular weight is 391 g/mol. The van der Waals surface area contributed by atoms with Gasteiger partial charge in [0, 0.05) is 12.8 Å². The Kier molecular flexibility index (Phi) is 12.1. The van der Waals surface area contributed by atoms with Gasteiger partial charge in [0.15, 0.2) is 11.6 Å². The second kappa shape index (κ2) is 13.2. The highest BCUT2D eigenvalue weighted by Crippen LogP contribution is 2.05. The summed E-state index contributed by atoms with van der Waals surface area (Å²) < 4.78 is 0. The number of rotatable bonds is 3. The molecule has 0 bridgehead atoms. The summed E-state index contributed by atoms with van der Waals surface area (Å²) in [5.74, 6) is -1.14. The summed E-state index contributed by atoms with van der Waals surface area (Å²) in [4.78, 5) is 53.3. The Morgan fingerprint density at radius 3 is 2.04 bits per heavy atom. The Morgan fingerprint density at radius 2 is 1.76 bits per heavy atom. The first-order valence-electron chi connectivity index (χ1n) is 6.94. The molecule has 2 atom stereocenters. The van der Waals surface area contributed by atoms with E-state index < -0.39 is 12.0 Å². The predicted octanol–water partition coefficient (Wildman–Crippen LogP) is 0.203. The Hall–Kier alpha value is -2.12. The third-order valence-corrected chi connectivity index (χ3v) is 3.07. The fourth-order valence-corrected chi connectivity index (χ4v) is 1.70. The molecule has 0 aromatic heterocycles. The van der Waals surface area contributed by atoms with Crippen LogP contribution >= 0.6 is 23.2 Å². The number of amides is 2. The second-order valence-corrected chi connectivity index (χ2v) is 5.20. The number of hydrogen-bond donors (Lipinski definition) is 2. The summed E-state index contributed by atoms with van der Waals surface area (Å²) in [5.41, 5.74) is 0. The molecule has 0 aromatic carbocycles.